The zero-order valence-corrected chi connectivity index (χ0v) is 15.1. The van der Waals surface area contributed by atoms with Crippen LogP contribution in [-0.4, -0.2) is 35.0 Å². The monoisotopic (exact) mass is 334 g/mol. The third-order valence-corrected chi connectivity index (χ3v) is 6.19. The van der Waals surface area contributed by atoms with Crippen molar-refractivity contribution in [2.45, 2.75) is 83.2 Å². The van der Waals surface area contributed by atoms with Crippen LogP contribution < -0.4 is 0 Å². The van der Waals surface area contributed by atoms with Crippen molar-refractivity contribution in [3.05, 3.63) is 23.8 Å². The van der Waals surface area contributed by atoms with Crippen molar-refractivity contribution in [3.63, 3.8) is 0 Å². The molecule has 0 saturated carbocycles. The van der Waals surface area contributed by atoms with E-state index in [-0.39, 0.29) is 30.0 Å². The van der Waals surface area contributed by atoms with Crippen LogP contribution in [0.15, 0.2) is 23.8 Å². The lowest BCUT2D eigenvalue weighted by Crippen LogP contribution is -2.46. The Morgan fingerprint density at radius 2 is 2.12 bits per heavy atom. The molecule has 1 N–H and O–H groups in total. The fourth-order valence-corrected chi connectivity index (χ4v) is 4.39. The molecule has 0 aromatic carbocycles. The van der Waals surface area contributed by atoms with Crippen LogP contribution in [0.25, 0.3) is 0 Å². The highest BCUT2D eigenvalue weighted by atomic mass is 16.6. The molecule has 3 aliphatic rings. The van der Waals surface area contributed by atoms with E-state index in [1.54, 1.807) is 0 Å². The van der Waals surface area contributed by atoms with E-state index in [4.69, 9.17) is 9.47 Å². The van der Waals surface area contributed by atoms with Gasteiger partial charge in [0, 0.05) is 11.5 Å². The van der Waals surface area contributed by atoms with Crippen molar-refractivity contribution in [1.82, 2.24) is 0 Å². The lowest BCUT2D eigenvalue weighted by molar-refractivity contribution is -0.182. The number of hydrogen-bond acceptors (Lipinski definition) is 4. The fourth-order valence-electron chi connectivity index (χ4n) is 4.39. The standard InChI is InChI=1S/C20H30O4/c1-12-7-5-9-13(2)17-18-15(14(3)19(22)23-18)11-16(21)20(4,24-17)10-6-8-12/h8,13,15-18,21H,3,5-7,9-11H2,1-2,4H3/b12-8+/t13-,15+,16-,17+,18-,20-/m1/s1. The van der Waals surface area contributed by atoms with Crippen molar-refractivity contribution in [2.24, 2.45) is 11.8 Å². The fraction of sp³-hybridized carbons (Fsp3) is 0.750. The molecule has 3 heterocycles. The smallest absolute Gasteiger partial charge is 0.334 e. The summed E-state index contributed by atoms with van der Waals surface area (Å²) in [5, 5.41) is 10.9. The minimum Gasteiger partial charge on any atom is -0.456 e. The Bertz CT molecular complexity index is 552. The topological polar surface area (TPSA) is 55.8 Å². The molecule has 3 aliphatic heterocycles. The van der Waals surface area contributed by atoms with Gasteiger partial charge >= 0.3 is 5.97 Å². The number of allylic oxidation sites excluding steroid dienone is 2. The molecule has 0 spiro atoms. The van der Waals surface area contributed by atoms with E-state index in [1.807, 2.05) is 6.92 Å². The number of hydrogen-bond donors (Lipinski definition) is 1. The number of aliphatic hydroxyl groups excluding tert-OH is 1. The van der Waals surface area contributed by atoms with Gasteiger partial charge in [0.25, 0.3) is 0 Å². The summed E-state index contributed by atoms with van der Waals surface area (Å²) in [4.78, 5) is 12.0. The summed E-state index contributed by atoms with van der Waals surface area (Å²) >= 11 is 0. The minimum absolute atomic E-state index is 0.137. The number of esters is 1. The quantitative estimate of drug-likeness (QED) is 0.418. The van der Waals surface area contributed by atoms with Crippen LogP contribution in [0.3, 0.4) is 0 Å². The molecule has 0 amide bonds. The molecular weight excluding hydrogens is 304 g/mol. The molecule has 134 valence electrons. The van der Waals surface area contributed by atoms with Crippen molar-refractivity contribution < 1.29 is 19.4 Å². The molecule has 0 radical (unpaired) electrons. The minimum atomic E-state index is -0.622. The van der Waals surface area contributed by atoms with Gasteiger partial charge in [0.1, 0.15) is 6.10 Å². The zero-order chi connectivity index (χ0) is 17.5. The van der Waals surface area contributed by atoms with E-state index in [1.165, 1.54) is 5.57 Å². The summed E-state index contributed by atoms with van der Waals surface area (Å²) in [5.74, 6) is -0.197. The third kappa shape index (κ3) is 3.18. The van der Waals surface area contributed by atoms with Crippen molar-refractivity contribution in [1.29, 1.82) is 0 Å². The normalized spacial score (nSPS) is 46.2. The largest absolute Gasteiger partial charge is 0.456 e. The van der Waals surface area contributed by atoms with Crippen LogP contribution in [0.2, 0.25) is 0 Å². The molecule has 0 unspecified atom stereocenters. The first-order valence-corrected chi connectivity index (χ1v) is 9.23. The molecule has 24 heavy (non-hydrogen) atoms. The average Bonchev–Trinajstić information content (AvgIpc) is 2.72. The Labute approximate surface area is 144 Å². The lowest BCUT2D eigenvalue weighted by atomic mass is 9.82. The lowest BCUT2D eigenvalue weighted by Gasteiger charge is -2.38. The highest BCUT2D eigenvalue weighted by Gasteiger charge is 2.53. The molecule has 2 fully saturated rings. The highest BCUT2D eigenvalue weighted by Crippen LogP contribution is 2.44. The molecule has 2 bridgehead atoms. The molecule has 4 heteroatoms. The van der Waals surface area contributed by atoms with Gasteiger partial charge in [-0.15, -0.1) is 0 Å². The molecular formula is C20H30O4. The number of carbonyl (C=O) groups is 1. The first kappa shape index (κ1) is 17.7. The van der Waals surface area contributed by atoms with Crippen molar-refractivity contribution >= 4 is 5.97 Å². The highest BCUT2D eigenvalue weighted by molar-refractivity contribution is 5.90. The number of aliphatic hydroxyl groups is 1. The first-order chi connectivity index (χ1) is 11.3. The predicted octanol–water partition coefficient (Wildman–Crippen LogP) is 3.54. The Kier molecular flexibility index (Phi) is 4.89. The van der Waals surface area contributed by atoms with Gasteiger partial charge in [-0.25, -0.2) is 4.79 Å². The third-order valence-electron chi connectivity index (χ3n) is 6.19. The van der Waals surface area contributed by atoms with Gasteiger partial charge in [-0.2, -0.15) is 0 Å². The van der Waals surface area contributed by atoms with Crippen molar-refractivity contribution in [3.8, 4) is 0 Å². The number of fused-ring (bicyclic) bond motifs is 4. The van der Waals surface area contributed by atoms with Gasteiger partial charge < -0.3 is 14.6 Å². The van der Waals surface area contributed by atoms with Gasteiger partial charge in [0.15, 0.2) is 0 Å². The molecule has 6 atom stereocenters. The average molecular weight is 334 g/mol. The second-order valence-corrected chi connectivity index (χ2v) is 8.11. The Morgan fingerprint density at radius 1 is 1.38 bits per heavy atom. The molecule has 0 aromatic heterocycles. The number of rotatable bonds is 0. The second kappa shape index (κ2) is 6.64. The molecule has 3 rings (SSSR count). The molecule has 2 saturated heterocycles. The SMILES string of the molecule is C=C1C(=O)O[C@H]2[C@H]3O[C@](C)(CC/C=C(\C)CCC[C@H]3C)[C@H](O)C[C@@H]12. The summed E-state index contributed by atoms with van der Waals surface area (Å²) in [5.41, 5.74) is 1.29. The summed E-state index contributed by atoms with van der Waals surface area (Å²) in [6.07, 6.45) is 6.54. The summed E-state index contributed by atoms with van der Waals surface area (Å²) in [6, 6.07) is 0. The van der Waals surface area contributed by atoms with Gasteiger partial charge in [0.2, 0.25) is 0 Å². The maximum Gasteiger partial charge on any atom is 0.334 e. The molecule has 0 aliphatic carbocycles. The van der Waals surface area contributed by atoms with Crippen LogP contribution >= 0.6 is 0 Å². The van der Waals surface area contributed by atoms with E-state index in [9.17, 15) is 9.90 Å². The van der Waals surface area contributed by atoms with E-state index in [2.05, 4.69) is 26.5 Å². The van der Waals surface area contributed by atoms with Gasteiger partial charge in [0.05, 0.1) is 17.8 Å². The first-order valence-electron chi connectivity index (χ1n) is 9.23. The van der Waals surface area contributed by atoms with Crippen LogP contribution in [0, 0.1) is 11.8 Å². The Morgan fingerprint density at radius 3 is 2.88 bits per heavy atom. The Hall–Kier alpha value is -1.13. The number of carbonyl (C=O) groups excluding carboxylic acids is 1. The Balaban J connectivity index is 1.95. The van der Waals surface area contributed by atoms with Crippen LogP contribution in [0.5, 0.6) is 0 Å². The summed E-state index contributed by atoms with van der Waals surface area (Å²) in [6.45, 7) is 10.3. The zero-order valence-electron chi connectivity index (χ0n) is 15.1. The van der Waals surface area contributed by atoms with Crippen LogP contribution in [0.4, 0.5) is 0 Å². The predicted molar refractivity (Wildman–Crippen MR) is 92.4 cm³/mol. The van der Waals surface area contributed by atoms with Crippen molar-refractivity contribution in [2.75, 3.05) is 0 Å². The van der Waals surface area contributed by atoms with Gasteiger partial charge in [-0.05, 0) is 58.3 Å². The maximum atomic E-state index is 12.0. The molecule has 0 aromatic rings. The van der Waals surface area contributed by atoms with E-state index < -0.39 is 11.7 Å². The van der Waals surface area contributed by atoms with E-state index in [0.717, 1.165) is 32.1 Å². The maximum absolute atomic E-state index is 12.0. The van der Waals surface area contributed by atoms with E-state index >= 15 is 0 Å². The summed E-state index contributed by atoms with van der Waals surface area (Å²) in [7, 11) is 0. The van der Waals surface area contributed by atoms with E-state index in [0.29, 0.717) is 12.0 Å². The van der Waals surface area contributed by atoms with Gasteiger partial charge in [-0.3, -0.25) is 0 Å². The number of ether oxygens (including phenoxy) is 2. The van der Waals surface area contributed by atoms with Crippen LogP contribution in [0.1, 0.15) is 59.3 Å². The molecule has 4 nitrogen and oxygen atoms in total. The van der Waals surface area contributed by atoms with Gasteiger partial charge in [-0.1, -0.05) is 25.2 Å². The second-order valence-electron chi connectivity index (χ2n) is 8.11. The summed E-state index contributed by atoms with van der Waals surface area (Å²) < 4.78 is 12.1. The van der Waals surface area contributed by atoms with Crippen LogP contribution in [-0.2, 0) is 14.3 Å².